The summed E-state index contributed by atoms with van der Waals surface area (Å²) in [6.45, 7) is 1.74. The van der Waals surface area contributed by atoms with Crippen molar-refractivity contribution < 1.29 is 17.9 Å². The molecule has 0 aliphatic rings. The molecule has 0 aliphatic carbocycles. The van der Waals surface area contributed by atoms with Crippen molar-refractivity contribution in [3.63, 3.8) is 0 Å². The van der Waals surface area contributed by atoms with Gasteiger partial charge in [-0.05, 0) is 47.1 Å². The average molecular weight is 348 g/mol. The molecule has 2 rings (SSSR count). The Kier molecular flexibility index (Phi) is 3.85. The van der Waals surface area contributed by atoms with E-state index in [1.165, 1.54) is 24.3 Å². The van der Waals surface area contributed by atoms with Gasteiger partial charge in [-0.1, -0.05) is 0 Å². The molecule has 4 nitrogen and oxygen atoms in total. The molecule has 0 aliphatic heterocycles. The van der Waals surface area contributed by atoms with Crippen molar-refractivity contribution in [1.29, 1.82) is 0 Å². The molecular formula is C12H9BrF3N3O. The van der Waals surface area contributed by atoms with Gasteiger partial charge < -0.3 is 10.5 Å². The van der Waals surface area contributed by atoms with Gasteiger partial charge in [0, 0.05) is 5.56 Å². The van der Waals surface area contributed by atoms with E-state index in [0.717, 1.165) is 0 Å². The number of alkyl halides is 3. The maximum atomic E-state index is 12.0. The van der Waals surface area contributed by atoms with Crippen molar-refractivity contribution >= 4 is 21.7 Å². The number of hydrogen-bond donors (Lipinski definition) is 1. The van der Waals surface area contributed by atoms with E-state index in [1.807, 2.05) is 0 Å². The second-order valence-corrected chi connectivity index (χ2v) is 4.70. The Labute approximate surface area is 120 Å². The molecule has 8 heteroatoms. The van der Waals surface area contributed by atoms with E-state index in [1.54, 1.807) is 6.92 Å². The van der Waals surface area contributed by atoms with Crippen LogP contribution in [0.25, 0.3) is 11.4 Å². The summed E-state index contributed by atoms with van der Waals surface area (Å²) in [5, 5.41) is 0. The zero-order valence-electron chi connectivity index (χ0n) is 10.2. The van der Waals surface area contributed by atoms with Crippen LogP contribution in [-0.4, -0.2) is 16.3 Å². The zero-order chi connectivity index (χ0) is 14.9. The van der Waals surface area contributed by atoms with Gasteiger partial charge in [-0.3, -0.25) is 0 Å². The monoisotopic (exact) mass is 347 g/mol. The molecule has 106 valence electrons. The topological polar surface area (TPSA) is 61.0 Å². The average Bonchev–Trinajstić information content (AvgIpc) is 2.34. The number of rotatable bonds is 2. The van der Waals surface area contributed by atoms with Gasteiger partial charge >= 0.3 is 6.36 Å². The third-order valence-electron chi connectivity index (χ3n) is 2.39. The first kappa shape index (κ1) is 14.6. The number of aromatic nitrogens is 2. The van der Waals surface area contributed by atoms with E-state index in [4.69, 9.17) is 5.73 Å². The van der Waals surface area contributed by atoms with Crippen molar-refractivity contribution in [3.05, 3.63) is 34.4 Å². The summed E-state index contributed by atoms with van der Waals surface area (Å²) in [5.41, 5.74) is 6.89. The van der Waals surface area contributed by atoms with Gasteiger partial charge in [0.1, 0.15) is 11.6 Å². The SMILES string of the molecule is Cc1nc(-c2ccc(OC(F)(F)F)cc2)nc(N)c1Br. The van der Waals surface area contributed by atoms with Crippen LogP contribution in [0.1, 0.15) is 5.69 Å². The van der Waals surface area contributed by atoms with E-state index in [0.29, 0.717) is 21.6 Å². The standard InChI is InChI=1S/C12H9BrF3N3O/c1-6-9(13)10(17)19-11(18-6)7-2-4-8(5-3-7)20-12(14,15)16/h2-5H,1H3,(H2,17,18,19). The fourth-order valence-electron chi connectivity index (χ4n) is 1.52. The van der Waals surface area contributed by atoms with Gasteiger partial charge in [-0.2, -0.15) is 0 Å². The third kappa shape index (κ3) is 3.38. The van der Waals surface area contributed by atoms with E-state index in [2.05, 4.69) is 30.6 Å². The summed E-state index contributed by atoms with van der Waals surface area (Å²) in [5.74, 6) is 0.299. The van der Waals surface area contributed by atoms with Crippen LogP contribution in [0.3, 0.4) is 0 Å². The number of aryl methyl sites for hydroxylation is 1. The normalized spacial score (nSPS) is 11.4. The molecule has 0 saturated heterocycles. The second kappa shape index (κ2) is 5.28. The maximum absolute atomic E-state index is 12.0. The summed E-state index contributed by atoms with van der Waals surface area (Å²) < 4.78 is 40.5. The second-order valence-electron chi connectivity index (χ2n) is 3.90. The summed E-state index contributed by atoms with van der Waals surface area (Å²) >= 11 is 3.24. The molecule has 1 heterocycles. The first-order chi connectivity index (χ1) is 9.26. The minimum atomic E-state index is -4.71. The molecule has 1 aromatic carbocycles. The van der Waals surface area contributed by atoms with Gasteiger partial charge in [0.2, 0.25) is 0 Å². The first-order valence-electron chi connectivity index (χ1n) is 5.42. The molecule has 0 amide bonds. The van der Waals surface area contributed by atoms with Crippen molar-refractivity contribution in [2.24, 2.45) is 0 Å². The van der Waals surface area contributed by atoms with E-state index in [9.17, 15) is 13.2 Å². The van der Waals surface area contributed by atoms with Gasteiger partial charge in [0.15, 0.2) is 5.82 Å². The fourth-order valence-corrected chi connectivity index (χ4v) is 1.69. The lowest BCUT2D eigenvalue weighted by atomic mass is 10.2. The smallest absolute Gasteiger partial charge is 0.406 e. The highest BCUT2D eigenvalue weighted by atomic mass is 79.9. The van der Waals surface area contributed by atoms with Crippen molar-refractivity contribution in [1.82, 2.24) is 9.97 Å². The van der Waals surface area contributed by atoms with Crippen LogP contribution < -0.4 is 10.5 Å². The molecule has 0 fully saturated rings. The summed E-state index contributed by atoms with van der Waals surface area (Å²) in [6.07, 6.45) is -4.71. The van der Waals surface area contributed by atoms with Gasteiger partial charge in [-0.15, -0.1) is 13.2 Å². The summed E-state index contributed by atoms with van der Waals surface area (Å²) in [4.78, 5) is 8.27. The number of benzene rings is 1. The van der Waals surface area contributed by atoms with E-state index in [-0.39, 0.29) is 11.6 Å². The van der Waals surface area contributed by atoms with Crippen LogP contribution in [0.2, 0.25) is 0 Å². The van der Waals surface area contributed by atoms with Gasteiger partial charge in [0.05, 0.1) is 10.2 Å². The van der Waals surface area contributed by atoms with E-state index >= 15 is 0 Å². The Morgan fingerprint density at radius 3 is 2.25 bits per heavy atom. The lowest BCUT2D eigenvalue weighted by Gasteiger charge is -2.09. The van der Waals surface area contributed by atoms with Crippen LogP contribution in [0.15, 0.2) is 28.7 Å². The number of hydrogen-bond acceptors (Lipinski definition) is 4. The van der Waals surface area contributed by atoms with Crippen LogP contribution >= 0.6 is 15.9 Å². The highest BCUT2D eigenvalue weighted by Crippen LogP contribution is 2.27. The maximum Gasteiger partial charge on any atom is 0.573 e. The van der Waals surface area contributed by atoms with Crippen molar-refractivity contribution in [3.8, 4) is 17.1 Å². The van der Waals surface area contributed by atoms with Crippen molar-refractivity contribution in [2.45, 2.75) is 13.3 Å². The number of nitrogens with two attached hydrogens (primary N) is 1. The Balaban J connectivity index is 2.31. The Hall–Kier alpha value is -1.83. The summed E-state index contributed by atoms with van der Waals surface area (Å²) in [7, 11) is 0. The predicted molar refractivity (Wildman–Crippen MR) is 71.0 cm³/mol. The van der Waals surface area contributed by atoms with E-state index < -0.39 is 6.36 Å². The quantitative estimate of drug-likeness (QED) is 0.899. The molecule has 20 heavy (non-hydrogen) atoms. The van der Waals surface area contributed by atoms with Crippen molar-refractivity contribution in [2.75, 3.05) is 5.73 Å². The van der Waals surface area contributed by atoms with Gasteiger partial charge in [0.25, 0.3) is 0 Å². The van der Waals surface area contributed by atoms with Crippen LogP contribution in [0, 0.1) is 6.92 Å². The highest BCUT2D eigenvalue weighted by Gasteiger charge is 2.31. The highest BCUT2D eigenvalue weighted by molar-refractivity contribution is 9.10. The first-order valence-corrected chi connectivity index (χ1v) is 6.21. The minimum absolute atomic E-state index is 0.267. The summed E-state index contributed by atoms with van der Waals surface area (Å²) in [6, 6.07) is 5.26. The number of nitrogen functional groups attached to an aromatic ring is 1. The van der Waals surface area contributed by atoms with Crippen LogP contribution in [-0.2, 0) is 0 Å². The molecule has 0 atom stereocenters. The largest absolute Gasteiger partial charge is 0.573 e. The third-order valence-corrected chi connectivity index (χ3v) is 3.37. The number of halogens is 4. The lowest BCUT2D eigenvalue weighted by Crippen LogP contribution is -2.16. The Morgan fingerprint density at radius 1 is 1.15 bits per heavy atom. The lowest BCUT2D eigenvalue weighted by molar-refractivity contribution is -0.274. The van der Waals surface area contributed by atoms with Crippen LogP contribution in [0.4, 0.5) is 19.0 Å². The molecule has 0 saturated carbocycles. The molecule has 1 aromatic heterocycles. The molecule has 0 spiro atoms. The Bertz CT molecular complexity index is 606. The van der Waals surface area contributed by atoms with Gasteiger partial charge in [-0.25, -0.2) is 9.97 Å². The molecule has 0 radical (unpaired) electrons. The molecule has 0 bridgehead atoms. The molecular weight excluding hydrogens is 339 g/mol. The number of anilines is 1. The zero-order valence-corrected chi connectivity index (χ0v) is 11.8. The molecule has 0 unspecified atom stereocenters. The minimum Gasteiger partial charge on any atom is -0.406 e. The Morgan fingerprint density at radius 2 is 1.75 bits per heavy atom. The molecule has 2 N–H and O–H groups in total. The number of ether oxygens (including phenoxy) is 1. The van der Waals surface area contributed by atoms with Crippen LogP contribution in [0.5, 0.6) is 5.75 Å². The fraction of sp³-hybridized carbons (Fsp3) is 0.167. The number of nitrogens with zero attached hydrogens (tertiary/aromatic N) is 2. The predicted octanol–water partition coefficient (Wildman–Crippen LogP) is 3.70. The molecule has 2 aromatic rings.